The van der Waals surface area contributed by atoms with Crippen LogP contribution in [0.4, 0.5) is 11.4 Å². The van der Waals surface area contributed by atoms with Gasteiger partial charge in [-0.25, -0.2) is 0 Å². The predicted molar refractivity (Wildman–Crippen MR) is 41.3 cm³/mol. The predicted octanol–water partition coefficient (Wildman–Crippen LogP) is 2.19. The molecule has 0 spiro atoms. The van der Waals surface area contributed by atoms with E-state index in [1.807, 2.05) is 0 Å². The van der Waals surface area contributed by atoms with Gasteiger partial charge in [-0.1, -0.05) is 0 Å². The molecule has 0 aliphatic carbocycles. The van der Waals surface area contributed by atoms with Crippen molar-refractivity contribution in [3.63, 3.8) is 0 Å². The second kappa shape index (κ2) is 2.37. The van der Waals surface area contributed by atoms with E-state index in [1.54, 1.807) is 6.07 Å². The van der Waals surface area contributed by atoms with Crippen LogP contribution in [0.15, 0.2) is 28.4 Å². The average Bonchev–Trinajstić information content (AvgIpc) is 2.49. The maximum absolute atomic E-state index is 10.3. The quantitative estimate of drug-likeness (QED) is 0.470. The lowest BCUT2D eigenvalue weighted by Gasteiger charge is -1.93. The highest BCUT2D eigenvalue weighted by atomic mass is 16.6. The fourth-order valence-electron chi connectivity index (χ4n) is 1.10. The minimum atomic E-state index is -0.418. The third kappa shape index (κ3) is 0.952. The minimum absolute atomic E-state index is 0.0982. The first-order chi connectivity index (χ1) is 5.77. The lowest BCUT2D eigenvalue weighted by atomic mass is 10.2. The largest absolute Gasteiger partial charge is 0.269 e. The summed E-state index contributed by atoms with van der Waals surface area (Å²) in [5, 5.41) is 17.9. The molecule has 0 N–H and O–H groups in total. The molecule has 1 aliphatic heterocycles. The molecule has 0 saturated heterocycles. The Balaban J connectivity index is 2.49. The van der Waals surface area contributed by atoms with Gasteiger partial charge in [0.1, 0.15) is 0 Å². The molecule has 60 valence electrons. The summed E-state index contributed by atoms with van der Waals surface area (Å²) < 4.78 is 0. The van der Waals surface area contributed by atoms with Gasteiger partial charge in [0, 0.05) is 17.7 Å². The summed E-state index contributed by atoms with van der Waals surface area (Å²) in [7, 11) is 0. The van der Waals surface area contributed by atoms with E-state index >= 15 is 0 Å². The summed E-state index contributed by atoms with van der Waals surface area (Å²) in [6.07, 6.45) is 0. The van der Waals surface area contributed by atoms with Crippen LogP contribution in [0.3, 0.4) is 0 Å². The Morgan fingerprint density at radius 1 is 1.50 bits per heavy atom. The van der Waals surface area contributed by atoms with Crippen molar-refractivity contribution in [3.8, 4) is 0 Å². The molecular weight excluding hydrogens is 158 g/mol. The summed E-state index contributed by atoms with van der Waals surface area (Å²) in [5.74, 6) is 0. The van der Waals surface area contributed by atoms with Gasteiger partial charge in [-0.3, -0.25) is 10.1 Å². The van der Waals surface area contributed by atoms with Crippen molar-refractivity contribution in [2.45, 2.75) is 6.54 Å². The first-order valence-electron chi connectivity index (χ1n) is 3.42. The molecule has 0 fully saturated rings. The Morgan fingerprint density at radius 2 is 2.33 bits per heavy atom. The van der Waals surface area contributed by atoms with Crippen LogP contribution in [0.25, 0.3) is 0 Å². The number of nitro benzene ring substituents is 1. The van der Waals surface area contributed by atoms with Crippen LogP contribution in [0.5, 0.6) is 0 Å². The maximum atomic E-state index is 10.3. The number of benzene rings is 1. The van der Waals surface area contributed by atoms with E-state index in [1.165, 1.54) is 12.1 Å². The standard InChI is InChI=1S/C7H5N3O2/c11-10(12)6-1-2-7-5(3-6)4-8-9-7/h1-3H,4H2. The van der Waals surface area contributed by atoms with E-state index in [-0.39, 0.29) is 5.69 Å². The number of hydrogen-bond donors (Lipinski definition) is 0. The van der Waals surface area contributed by atoms with Gasteiger partial charge in [0.15, 0.2) is 0 Å². The van der Waals surface area contributed by atoms with Crippen molar-refractivity contribution in [3.05, 3.63) is 33.9 Å². The molecule has 5 nitrogen and oxygen atoms in total. The molecular formula is C7H5N3O2. The van der Waals surface area contributed by atoms with Gasteiger partial charge in [0.25, 0.3) is 5.69 Å². The third-order valence-electron chi connectivity index (χ3n) is 1.69. The normalized spacial score (nSPS) is 13.0. The second-order valence-corrected chi connectivity index (χ2v) is 2.47. The second-order valence-electron chi connectivity index (χ2n) is 2.47. The molecule has 1 aromatic carbocycles. The highest BCUT2D eigenvalue weighted by Crippen LogP contribution is 2.29. The van der Waals surface area contributed by atoms with Crippen LogP contribution >= 0.6 is 0 Å². The molecule has 0 saturated carbocycles. The fraction of sp³-hybridized carbons (Fsp3) is 0.143. The molecule has 0 amide bonds. The van der Waals surface area contributed by atoms with Crippen molar-refractivity contribution in [1.29, 1.82) is 0 Å². The number of fused-ring (bicyclic) bond motifs is 1. The number of azo groups is 1. The van der Waals surface area contributed by atoms with E-state index in [9.17, 15) is 10.1 Å². The first kappa shape index (κ1) is 6.90. The highest BCUT2D eigenvalue weighted by molar-refractivity contribution is 5.53. The Bertz CT molecular complexity index is 373. The van der Waals surface area contributed by atoms with Crippen LogP contribution in [-0.4, -0.2) is 4.92 Å². The smallest absolute Gasteiger partial charge is 0.258 e. The number of hydrogen-bond acceptors (Lipinski definition) is 4. The van der Waals surface area contributed by atoms with Gasteiger partial charge in [-0.05, 0) is 6.07 Å². The third-order valence-corrected chi connectivity index (χ3v) is 1.69. The van der Waals surface area contributed by atoms with E-state index in [4.69, 9.17) is 0 Å². The maximum Gasteiger partial charge on any atom is 0.269 e. The summed E-state index contributed by atoms with van der Waals surface area (Å²) in [5.41, 5.74) is 1.66. The van der Waals surface area contributed by atoms with Crippen LogP contribution in [0.1, 0.15) is 5.56 Å². The van der Waals surface area contributed by atoms with Crippen LogP contribution in [0, 0.1) is 10.1 Å². The molecule has 1 heterocycles. The van der Waals surface area contributed by atoms with Crippen molar-refractivity contribution < 1.29 is 4.92 Å². The fourth-order valence-corrected chi connectivity index (χ4v) is 1.10. The van der Waals surface area contributed by atoms with Gasteiger partial charge in [-0.2, -0.15) is 10.2 Å². The Labute approximate surface area is 67.9 Å². The Morgan fingerprint density at radius 3 is 3.08 bits per heavy atom. The van der Waals surface area contributed by atoms with Gasteiger partial charge < -0.3 is 0 Å². The van der Waals surface area contributed by atoms with Crippen molar-refractivity contribution in [1.82, 2.24) is 0 Å². The van der Waals surface area contributed by atoms with E-state index < -0.39 is 4.92 Å². The lowest BCUT2D eigenvalue weighted by molar-refractivity contribution is -0.384. The van der Waals surface area contributed by atoms with Crippen molar-refractivity contribution >= 4 is 11.4 Å². The first-order valence-corrected chi connectivity index (χ1v) is 3.42. The topological polar surface area (TPSA) is 67.9 Å². The highest BCUT2D eigenvalue weighted by Gasteiger charge is 2.12. The van der Waals surface area contributed by atoms with Gasteiger partial charge in [-0.15, -0.1) is 0 Å². The Kier molecular flexibility index (Phi) is 1.36. The summed E-state index contributed by atoms with van der Waals surface area (Å²) >= 11 is 0. The van der Waals surface area contributed by atoms with Crippen molar-refractivity contribution in [2.24, 2.45) is 10.2 Å². The summed E-state index contributed by atoms with van der Waals surface area (Å²) in [6, 6.07) is 4.56. The Hall–Kier alpha value is -1.78. The van der Waals surface area contributed by atoms with Gasteiger partial charge in [0.05, 0.1) is 17.2 Å². The molecule has 12 heavy (non-hydrogen) atoms. The van der Waals surface area contributed by atoms with Gasteiger partial charge >= 0.3 is 0 Å². The molecule has 2 rings (SSSR count). The number of rotatable bonds is 1. The van der Waals surface area contributed by atoms with E-state index in [0.29, 0.717) is 6.54 Å². The zero-order valence-electron chi connectivity index (χ0n) is 6.10. The summed E-state index contributed by atoms with van der Waals surface area (Å²) in [6.45, 7) is 0.455. The van der Waals surface area contributed by atoms with Crippen molar-refractivity contribution in [2.75, 3.05) is 0 Å². The number of nitrogens with zero attached hydrogens (tertiary/aromatic N) is 3. The number of non-ortho nitro benzene ring substituents is 1. The molecule has 1 aliphatic rings. The SMILES string of the molecule is O=[N+]([O-])c1ccc2c(c1)CN=N2. The molecule has 0 atom stereocenters. The molecule has 5 heteroatoms. The molecule has 0 bridgehead atoms. The van der Waals surface area contributed by atoms with Crippen LogP contribution in [0.2, 0.25) is 0 Å². The minimum Gasteiger partial charge on any atom is -0.258 e. The molecule has 0 aromatic heterocycles. The van der Waals surface area contributed by atoms with Crippen LogP contribution in [-0.2, 0) is 6.54 Å². The molecule has 0 unspecified atom stereocenters. The van der Waals surface area contributed by atoms with E-state index in [0.717, 1.165) is 11.3 Å². The number of nitro groups is 1. The summed E-state index contributed by atoms with van der Waals surface area (Å²) in [4.78, 5) is 9.93. The zero-order valence-corrected chi connectivity index (χ0v) is 6.10. The van der Waals surface area contributed by atoms with E-state index in [2.05, 4.69) is 10.2 Å². The average molecular weight is 163 g/mol. The molecule has 0 radical (unpaired) electrons. The van der Waals surface area contributed by atoms with Crippen LogP contribution < -0.4 is 0 Å². The monoisotopic (exact) mass is 163 g/mol. The van der Waals surface area contributed by atoms with Gasteiger partial charge in [0.2, 0.25) is 0 Å². The lowest BCUT2D eigenvalue weighted by Crippen LogP contribution is -1.88. The zero-order chi connectivity index (χ0) is 8.55. The molecule has 1 aromatic rings.